The molecule has 0 aliphatic rings. The van der Waals surface area contributed by atoms with E-state index in [0.717, 1.165) is 19.1 Å². The van der Waals surface area contributed by atoms with E-state index in [1.165, 1.54) is 0 Å². The van der Waals surface area contributed by atoms with Crippen molar-refractivity contribution in [3.05, 3.63) is 23.3 Å². The first-order chi connectivity index (χ1) is 6.75. The SMILES string of the molecule is CC(=O)c1ccc(O)c(C(F)(F)F)c1O. The summed E-state index contributed by atoms with van der Waals surface area (Å²) in [4.78, 5) is 10.8. The quantitative estimate of drug-likeness (QED) is 0.714. The Hall–Kier alpha value is -1.72. The largest absolute Gasteiger partial charge is 0.507 e. The lowest BCUT2D eigenvalue weighted by Gasteiger charge is -2.12. The molecule has 1 aromatic carbocycles. The summed E-state index contributed by atoms with van der Waals surface area (Å²) < 4.78 is 37.0. The Morgan fingerprint density at radius 3 is 2.20 bits per heavy atom. The molecule has 0 aliphatic carbocycles. The number of halogens is 3. The van der Waals surface area contributed by atoms with Crippen molar-refractivity contribution in [2.75, 3.05) is 0 Å². The summed E-state index contributed by atoms with van der Waals surface area (Å²) in [5, 5.41) is 18.1. The second kappa shape index (κ2) is 3.45. The lowest BCUT2D eigenvalue weighted by molar-refractivity contribution is -0.139. The van der Waals surface area contributed by atoms with Gasteiger partial charge < -0.3 is 10.2 Å². The predicted octanol–water partition coefficient (Wildman–Crippen LogP) is 2.32. The van der Waals surface area contributed by atoms with Crippen LogP contribution in [-0.2, 0) is 6.18 Å². The Labute approximate surface area is 82.8 Å². The van der Waals surface area contributed by atoms with Gasteiger partial charge in [0.05, 0.1) is 5.56 Å². The van der Waals surface area contributed by atoms with Crippen molar-refractivity contribution in [3.8, 4) is 11.5 Å². The molecule has 3 nitrogen and oxygen atoms in total. The van der Waals surface area contributed by atoms with Gasteiger partial charge in [0.15, 0.2) is 5.78 Å². The van der Waals surface area contributed by atoms with Crippen LogP contribution in [0.1, 0.15) is 22.8 Å². The minimum atomic E-state index is -4.90. The van der Waals surface area contributed by atoms with E-state index >= 15 is 0 Å². The molecule has 0 unspecified atom stereocenters. The first-order valence-electron chi connectivity index (χ1n) is 3.88. The number of carbonyl (C=O) groups excluding carboxylic acids is 1. The molecule has 1 rings (SSSR count). The number of phenols is 2. The van der Waals surface area contributed by atoms with Gasteiger partial charge in [0.25, 0.3) is 0 Å². The third kappa shape index (κ3) is 2.03. The molecule has 1 aromatic rings. The number of alkyl halides is 3. The van der Waals surface area contributed by atoms with Crippen molar-refractivity contribution in [3.63, 3.8) is 0 Å². The highest BCUT2D eigenvalue weighted by molar-refractivity contribution is 5.97. The molecule has 15 heavy (non-hydrogen) atoms. The molecule has 0 aliphatic heterocycles. The van der Waals surface area contributed by atoms with Gasteiger partial charge in [-0.15, -0.1) is 0 Å². The second-order valence-corrected chi connectivity index (χ2v) is 2.91. The first-order valence-corrected chi connectivity index (χ1v) is 3.88. The van der Waals surface area contributed by atoms with Crippen LogP contribution in [0.2, 0.25) is 0 Å². The van der Waals surface area contributed by atoms with E-state index in [4.69, 9.17) is 5.11 Å². The van der Waals surface area contributed by atoms with E-state index in [1.54, 1.807) is 0 Å². The molecule has 0 aromatic heterocycles. The fourth-order valence-electron chi connectivity index (χ4n) is 1.14. The summed E-state index contributed by atoms with van der Waals surface area (Å²) in [6, 6.07) is 1.65. The van der Waals surface area contributed by atoms with Gasteiger partial charge in [0.1, 0.15) is 17.1 Å². The highest BCUT2D eigenvalue weighted by Crippen LogP contribution is 2.43. The number of hydrogen-bond donors (Lipinski definition) is 2. The van der Waals surface area contributed by atoms with Gasteiger partial charge in [-0.1, -0.05) is 0 Å². The smallest absolute Gasteiger partial charge is 0.423 e. The number of rotatable bonds is 1. The maximum atomic E-state index is 12.3. The molecule has 0 fully saturated rings. The number of benzene rings is 1. The molecule has 0 saturated carbocycles. The van der Waals surface area contributed by atoms with Crippen molar-refractivity contribution in [2.24, 2.45) is 0 Å². The van der Waals surface area contributed by atoms with E-state index in [-0.39, 0.29) is 0 Å². The van der Waals surface area contributed by atoms with Gasteiger partial charge in [0.2, 0.25) is 0 Å². The minimum absolute atomic E-state index is 0.472. The molecular formula is C9H7F3O3. The van der Waals surface area contributed by atoms with Crippen LogP contribution in [0, 0.1) is 0 Å². The first kappa shape index (κ1) is 11.4. The summed E-state index contributed by atoms with van der Waals surface area (Å²) >= 11 is 0. The summed E-state index contributed by atoms with van der Waals surface area (Å²) in [7, 11) is 0. The summed E-state index contributed by atoms with van der Waals surface area (Å²) in [6.07, 6.45) is -4.90. The fourth-order valence-corrected chi connectivity index (χ4v) is 1.14. The third-order valence-electron chi connectivity index (χ3n) is 1.82. The van der Waals surface area contributed by atoms with Gasteiger partial charge in [-0.25, -0.2) is 0 Å². The average molecular weight is 220 g/mol. The molecule has 0 saturated heterocycles. The Morgan fingerprint density at radius 2 is 1.80 bits per heavy atom. The number of Topliss-reactive ketones (excluding diaryl/α,β-unsaturated/α-hetero) is 1. The fraction of sp³-hybridized carbons (Fsp3) is 0.222. The standard InChI is InChI=1S/C9H7F3O3/c1-4(13)5-2-3-6(14)7(8(5)15)9(10,11)12/h2-3,14-15H,1H3. The van der Waals surface area contributed by atoms with Crippen molar-refractivity contribution < 1.29 is 28.2 Å². The van der Waals surface area contributed by atoms with Crippen LogP contribution in [0.25, 0.3) is 0 Å². The molecule has 0 heterocycles. The Bertz CT molecular complexity index is 410. The van der Waals surface area contributed by atoms with Crippen molar-refractivity contribution in [2.45, 2.75) is 13.1 Å². The molecule has 0 radical (unpaired) electrons. The predicted molar refractivity (Wildman–Crippen MR) is 44.8 cm³/mol. The molecule has 0 atom stereocenters. The lowest BCUT2D eigenvalue weighted by atomic mass is 10.0. The van der Waals surface area contributed by atoms with Crippen molar-refractivity contribution in [1.82, 2.24) is 0 Å². The third-order valence-corrected chi connectivity index (χ3v) is 1.82. The Balaban J connectivity index is 3.51. The highest BCUT2D eigenvalue weighted by atomic mass is 19.4. The minimum Gasteiger partial charge on any atom is -0.507 e. The van der Waals surface area contributed by atoms with Crippen LogP contribution >= 0.6 is 0 Å². The molecule has 0 bridgehead atoms. The Morgan fingerprint density at radius 1 is 1.27 bits per heavy atom. The zero-order chi connectivity index (χ0) is 11.8. The van der Waals surface area contributed by atoms with Gasteiger partial charge in [-0.3, -0.25) is 4.79 Å². The summed E-state index contributed by atoms with van der Waals surface area (Å²) in [5.41, 5.74) is -2.06. The Kier molecular flexibility index (Phi) is 2.61. The molecule has 0 spiro atoms. The van der Waals surface area contributed by atoms with Gasteiger partial charge >= 0.3 is 6.18 Å². The molecular weight excluding hydrogens is 213 g/mol. The van der Waals surface area contributed by atoms with E-state index in [0.29, 0.717) is 0 Å². The molecule has 82 valence electrons. The lowest BCUT2D eigenvalue weighted by Crippen LogP contribution is -2.08. The van der Waals surface area contributed by atoms with Gasteiger partial charge in [-0.05, 0) is 19.1 Å². The second-order valence-electron chi connectivity index (χ2n) is 2.91. The maximum absolute atomic E-state index is 12.3. The van der Waals surface area contributed by atoms with E-state index in [2.05, 4.69) is 0 Å². The van der Waals surface area contributed by atoms with Crippen molar-refractivity contribution in [1.29, 1.82) is 0 Å². The van der Waals surface area contributed by atoms with Crippen LogP contribution in [0.5, 0.6) is 11.5 Å². The summed E-state index contributed by atoms with van der Waals surface area (Å²) in [5.74, 6) is -3.06. The van der Waals surface area contributed by atoms with E-state index < -0.39 is 34.6 Å². The van der Waals surface area contributed by atoms with Gasteiger partial charge in [-0.2, -0.15) is 13.2 Å². The average Bonchev–Trinajstić information content (AvgIpc) is 2.00. The topological polar surface area (TPSA) is 57.5 Å². The molecule has 0 amide bonds. The maximum Gasteiger partial charge on any atom is 0.423 e. The number of hydrogen-bond acceptors (Lipinski definition) is 3. The van der Waals surface area contributed by atoms with Crippen LogP contribution in [0.4, 0.5) is 13.2 Å². The monoisotopic (exact) mass is 220 g/mol. The normalized spacial score (nSPS) is 11.5. The number of aromatic hydroxyl groups is 2. The number of phenolic OH excluding ortho intramolecular Hbond substituents is 2. The van der Waals surface area contributed by atoms with Crippen LogP contribution < -0.4 is 0 Å². The van der Waals surface area contributed by atoms with E-state index in [9.17, 15) is 23.1 Å². The zero-order valence-electron chi connectivity index (χ0n) is 7.59. The van der Waals surface area contributed by atoms with Gasteiger partial charge in [0, 0.05) is 0 Å². The zero-order valence-corrected chi connectivity index (χ0v) is 7.59. The van der Waals surface area contributed by atoms with Crippen molar-refractivity contribution >= 4 is 5.78 Å². The van der Waals surface area contributed by atoms with Crippen LogP contribution in [0.15, 0.2) is 12.1 Å². The number of carbonyl (C=O) groups is 1. The van der Waals surface area contributed by atoms with E-state index in [1.807, 2.05) is 0 Å². The summed E-state index contributed by atoms with van der Waals surface area (Å²) in [6.45, 7) is 1.02. The number of ketones is 1. The molecule has 2 N–H and O–H groups in total. The highest BCUT2D eigenvalue weighted by Gasteiger charge is 2.38. The van der Waals surface area contributed by atoms with Crippen LogP contribution in [-0.4, -0.2) is 16.0 Å². The van der Waals surface area contributed by atoms with Crippen LogP contribution in [0.3, 0.4) is 0 Å². The molecule has 6 heteroatoms.